The van der Waals surface area contributed by atoms with Gasteiger partial charge in [-0.25, -0.2) is 0 Å². The van der Waals surface area contributed by atoms with E-state index in [2.05, 4.69) is 13.8 Å². The normalized spacial score (nSPS) is 16.0. The van der Waals surface area contributed by atoms with Gasteiger partial charge in [-0.2, -0.15) is 0 Å². The molecule has 0 nitrogen and oxygen atoms in total. The van der Waals surface area contributed by atoms with E-state index in [1.807, 2.05) is 0 Å². The minimum atomic E-state index is 0.463. The molecule has 6 heavy (non-hydrogen) atoms. The molecule has 2 heteroatoms. The number of hydrogen-bond donors (Lipinski definition) is 0. The highest BCUT2D eigenvalue weighted by Crippen LogP contribution is 2.02. The fourth-order valence-electron chi connectivity index (χ4n) is 0. The standard InChI is InChI=1S/C4H11ClSi/c1-3(2)4(5)6/h3-4H,1-2,6H3. The third kappa shape index (κ3) is 2.73. The van der Waals surface area contributed by atoms with Crippen LogP contribution in [0.1, 0.15) is 13.8 Å². The summed E-state index contributed by atoms with van der Waals surface area (Å²) in [4.78, 5) is 0. The van der Waals surface area contributed by atoms with Crippen molar-refractivity contribution in [2.45, 2.75) is 18.8 Å². The first-order valence-corrected chi connectivity index (χ1v) is 3.87. The Morgan fingerprint density at radius 2 is 1.67 bits per heavy atom. The average molecular weight is 123 g/mol. The van der Waals surface area contributed by atoms with E-state index in [1.165, 1.54) is 0 Å². The van der Waals surface area contributed by atoms with Gasteiger partial charge in [0.05, 0.1) is 0 Å². The van der Waals surface area contributed by atoms with Gasteiger partial charge in [-0.15, -0.1) is 11.6 Å². The molecule has 0 amide bonds. The molecule has 0 aliphatic rings. The van der Waals surface area contributed by atoms with Crippen molar-refractivity contribution in [1.29, 1.82) is 0 Å². The minimum Gasteiger partial charge on any atom is -0.127 e. The Hall–Kier alpha value is 0.507. The van der Waals surface area contributed by atoms with Gasteiger partial charge in [0.1, 0.15) is 0 Å². The molecular formula is C4H11ClSi. The number of alkyl halides is 1. The molecule has 1 atom stereocenters. The molecular weight excluding hydrogens is 112 g/mol. The Balaban J connectivity index is 2.99. The van der Waals surface area contributed by atoms with Crippen molar-refractivity contribution >= 4 is 21.8 Å². The maximum atomic E-state index is 5.67. The second kappa shape index (κ2) is 2.64. The molecule has 0 aromatic carbocycles. The van der Waals surface area contributed by atoms with Gasteiger partial charge in [0.2, 0.25) is 0 Å². The van der Waals surface area contributed by atoms with Gasteiger partial charge in [-0.05, 0) is 5.92 Å². The molecule has 1 unspecified atom stereocenters. The summed E-state index contributed by atoms with van der Waals surface area (Å²) < 4.78 is 0. The maximum Gasteiger partial charge on any atom is 0.0257 e. The van der Waals surface area contributed by atoms with E-state index < -0.39 is 0 Å². The van der Waals surface area contributed by atoms with Crippen molar-refractivity contribution in [3.8, 4) is 0 Å². The zero-order valence-electron chi connectivity index (χ0n) is 4.53. The van der Waals surface area contributed by atoms with Crippen LogP contribution < -0.4 is 0 Å². The molecule has 0 N–H and O–H groups in total. The first kappa shape index (κ1) is 6.51. The van der Waals surface area contributed by atoms with Gasteiger partial charge < -0.3 is 0 Å². The predicted octanol–water partition coefficient (Wildman–Crippen LogP) is 0.573. The van der Waals surface area contributed by atoms with Crippen LogP contribution in [-0.4, -0.2) is 15.2 Å². The van der Waals surface area contributed by atoms with Crippen LogP contribution in [0, 0.1) is 5.92 Å². The van der Waals surface area contributed by atoms with Crippen molar-refractivity contribution < 1.29 is 0 Å². The summed E-state index contributed by atoms with van der Waals surface area (Å²) in [6.07, 6.45) is 0. The highest BCUT2D eigenvalue weighted by atomic mass is 35.5. The molecule has 0 aromatic heterocycles. The highest BCUT2D eigenvalue weighted by molar-refractivity contribution is 6.40. The molecule has 0 saturated carbocycles. The zero-order valence-corrected chi connectivity index (χ0v) is 7.29. The second-order valence-electron chi connectivity index (χ2n) is 1.92. The molecule has 0 rings (SSSR count). The van der Waals surface area contributed by atoms with Crippen LogP contribution in [0.25, 0.3) is 0 Å². The van der Waals surface area contributed by atoms with Crippen LogP contribution in [0.15, 0.2) is 0 Å². The average Bonchev–Trinajstić information content (AvgIpc) is 1.36. The van der Waals surface area contributed by atoms with E-state index in [4.69, 9.17) is 11.6 Å². The van der Waals surface area contributed by atoms with Crippen molar-refractivity contribution in [3.63, 3.8) is 0 Å². The molecule has 0 bridgehead atoms. The fraction of sp³-hybridized carbons (Fsp3) is 1.00. The van der Waals surface area contributed by atoms with E-state index in [1.54, 1.807) is 0 Å². The molecule has 0 fully saturated rings. The van der Waals surface area contributed by atoms with Crippen molar-refractivity contribution in [2.24, 2.45) is 5.92 Å². The van der Waals surface area contributed by atoms with Gasteiger partial charge in [-0.1, -0.05) is 13.8 Å². The van der Waals surface area contributed by atoms with Gasteiger partial charge in [0.25, 0.3) is 0 Å². The third-order valence-electron chi connectivity index (χ3n) is 0.919. The molecule has 38 valence electrons. The summed E-state index contributed by atoms with van der Waals surface area (Å²) in [7, 11) is 1.12. The van der Waals surface area contributed by atoms with Crippen LogP contribution in [0.2, 0.25) is 0 Å². The first-order chi connectivity index (χ1) is 2.64. The molecule has 0 saturated heterocycles. The third-order valence-corrected chi connectivity index (χ3v) is 2.76. The number of hydrogen-bond acceptors (Lipinski definition) is 0. The summed E-state index contributed by atoms with van der Waals surface area (Å²) in [6, 6.07) is 0. The molecule has 0 radical (unpaired) electrons. The Morgan fingerprint density at radius 1 is 1.50 bits per heavy atom. The summed E-state index contributed by atoms with van der Waals surface area (Å²) in [5.74, 6) is 0.679. The van der Waals surface area contributed by atoms with Crippen LogP contribution >= 0.6 is 11.6 Å². The van der Waals surface area contributed by atoms with Crippen LogP contribution in [0.5, 0.6) is 0 Å². The highest BCUT2D eigenvalue weighted by Gasteiger charge is 1.98. The van der Waals surface area contributed by atoms with E-state index in [-0.39, 0.29) is 0 Å². The maximum absolute atomic E-state index is 5.67. The van der Waals surface area contributed by atoms with Crippen molar-refractivity contribution in [1.82, 2.24) is 0 Å². The van der Waals surface area contributed by atoms with E-state index in [0.717, 1.165) is 10.2 Å². The lowest BCUT2D eigenvalue weighted by atomic mass is 10.3. The van der Waals surface area contributed by atoms with Crippen LogP contribution in [-0.2, 0) is 0 Å². The molecule has 0 aliphatic carbocycles. The smallest absolute Gasteiger partial charge is 0.0257 e. The lowest BCUT2D eigenvalue weighted by Gasteiger charge is -2.02. The second-order valence-corrected chi connectivity index (χ2v) is 4.59. The Morgan fingerprint density at radius 3 is 1.67 bits per heavy atom. The quantitative estimate of drug-likeness (QED) is 0.353. The monoisotopic (exact) mass is 122 g/mol. The summed E-state index contributed by atoms with van der Waals surface area (Å²) in [6.45, 7) is 4.29. The van der Waals surface area contributed by atoms with Gasteiger partial charge in [0.15, 0.2) is 0 Å². The van der Waals surface area contributed by atoms with Gasteiger partial charge >= 0.3 is 0 Å². The van der Waals surface area contributed by atoms with E-state index >= 15 is 0 Å². The fourth-order valence-corrected chi connectivity index (χ4v) is 0. The van der Waals surface area contributed by atoms with Crippen molar-refractivity contribution in [3.05, 3.63) is 0 Å². The van der Waals surface area contributed by atoms with Gasteiger partial charge in [0, 0.05) is 15.2 Å². The summed E-state index contributed by atoms with van der Waals surface area (Å²) >= 11 is 5.67. The topological polar surface area (TPSA) is 0 Å². The molecule has 0 aliphatic heterocycles. The largest absolute Gasteiger partial charge is 0.127 e. The SMILES string of the molecule is CC(C)C([SiH3])Cl. The first-order valence-electron chi connectivity index (χ1n) is 2.28. The lowest BCUT2D eigenvalue weighted by Crippen LogP contribution is -2.05. The van der Waals surface area contributed by atoms with Crippen LogP contribution in [0.4, 0.5) is 0 Å². The predicted molar refractivity (Wildman–Crippen MR) is 34.4 cm³/mol. The summed E-state index contributed by atoms with van der Waals surface area (Å²) in [5.41, 5.74) is 0. The Bertz CT molecular complexity index is 28.5. The molecule has 0 spiro atoms. The zero-order chi connectivity index (χ0) is 5.15. The lowest BCUT2D eigenvalue weighted by molar-refractivity contribution is 0.708. The summed E-state index contributed by atoms with van der Waals surface area (Å²) in [5, 5.41) is 0.463. The number of rotatable bonds is 1. The van der Waals surface area contributed by atoms with E-state index in [0.29, 0.717) is 10.9 Å². The van der Waals surface area contributed by atoms with Crippen LogP contribution in [0.3, 0.4) is 0 Å². The Kier molecular flexibility index (Phi) is 2.87. The Labute approximate surface area is 47.3 Å². The number of halogens is 1. The minimum absolute atomic E-state index is 0.463. The van der Waals surface area contributed by atoms with Crippen molar-refractivity contribution in [2.75, 3.05) is 0 Å². The van der Waals surface area contributed by atoms with Gasteiger partial charge in [-0.3, -0.25) is 0 Å². The van der Waals surface area contributed by atoms with E-state index in [9.17, 15) is 0 Å². The molecule has 0 heterocycles. The molecule has 0 aromatic rings.